The van der Waals surface area contributed by atoms with Gasteiger partial charge in [0.2, 0.25) is 5.13 Å². The predicted octanol–water partition coefficient (Wildman–Crippen LogP) is 1.20. The van der Waals surface area contributed by atoms with Crippen molar-refractivity contribution in [3.63, 3.8) is 0 Å². The number of ether oxygens (including phenoxy) is 1. The maximum atomic E-state index is 10.8. The van der Waals surface area contributed by atoms with Gasteiger partial charge in [-0.25, -0.2) is 4.98 Å². The van der Waals surface area contributed by atoms with E-state index in [9.17, 15) is 4.79 Å². The van der Waals surface area contributed by atoms with Gasteiger partial charge in [-0.2, -0.15) is 4.37 Å². The molecule has 0 spiro atoms. The number of anilines is 1. The topological polar surface area (TPSA) is 75.5 Å². The van der Waals surface area contributed by atoms with Crippen LogP contribution >= 0.6 is 11.5 Å². The lowest BCUT2D eigenvalue weighted by Gasteiger charge is -2.18. The van der Waals surface area contributed by atoms with Gasteiger partial charge < -0.3 is 14.7 Å². The molecule has 0 fully saturated rings. The molecule has 6 nitrogen and oxygen atoms in total. The summed E-state index contributed by atoms with van der Waals surface area (Å²) < 4.78 is 9.16. The molecule has 0 aliphatic carbocycles. The number of carboxylic acids is 1. The maximum Gasteiger partial charge on any atom is 0.323 e. The Bertz CT molecular complexity index is 367. The number of hydrogen-bond acceptors (Lipinski definition) is 6. The third kappa shape index (κ3) is 4.27. The number of nitrogens with zero attached hydrogens (tertiary/aromatic N) is 3. The van der Waals surface area contributed by atoms with Crippen LogP contribution in [0.4, 0.5) is 5.13 Å². The fourth-order valence-corrected chi connectivity index (χ4v) is 2.03. The van der Waals surface area contributed by atoms with Crippen LogP contribution in [-0.2, 0) is 9.53 Å². The second-order valence-electron chi connectivity index (χ2n) is 3.90. The number of aliphatic carboxylic acids is 1. The smallest absolute Gasteiger partial charge is 0.323 e. The molecule has 0 aromatic carbocycles. The first kappa shape index (κ1) is 13.9. The van der Waals surface area contributed by atoms with Crippen LogP contribution in [0.25, 0.3) is 0 Å². The van der Waals surface area contributed by atoms with E-state index in [-0.39, 0.29) is 12.5 Å². The highest BCUT2D eigenvalue weighted by Gasteiger charge is 2.16. The van der Waals surface area contributed by atoms with Crippen molar-refractivity contribution in [2.75, 3.05) is 31.7 Å². The van der Waals surface area contributed by atoms with Crippen LogP contribution in [0.2, 0.25) is 0 Å². The zero-order valence-corrected chi connectivity index (χ0v) is 11.0. The normalized spacial score (nSPS) is 10.8. The van der Waals surface area contributed by atoms with Crippen LogP contribution in [-0.4, -0.2) is 47.2 Å². The second-order valence-corrected chi connectivity index (χ2v) is 4.63. The third-order valence-corrected chi connectivity index (χ3v) is 2.90. The molecule has 7 heteroatoms. The van der Waals surface area contributed by atoms with Crippen molar-refractivity contribution in [3.05, 3.63) is 5.82 Å². The molecule has 1 N–H and O–H groups in total. The van der Waals surface area contributed by atoms with Gasteiger partial charge in [0, 0.05) is 31.1 Å². The van der Waals surface area contributed by atoms with Crippen LogP contribution in [0.1, 0.15) is 25.6 Å². The van der Waals surface area contributed by atoms with Gasteiger partial charge in [0.25, 0.3) is 0 Å². The Balaban J connectivity index is 2.76. The van der Waals surface area contributed by atoms with Crippen LogP contribution in [0.15, 0.2) is 0 Å². The first-order valence-corrected chi connectivity index (χ1v) is 6.11. The van der Waals surface area contributed by atoms with E-state index in [0.717, 1.165) is 5.82 Å². The minimum Gasteiger partial charge on any atom is -0.480 e. The maximum absolute atomic E-state index is 10.8. The average molecular weight is 259 g/mol. The lowest BCUT2D eigenvalue weighted by Crippen LogP contribution is -2.32. The summed E-state index contributed by atoms with van der Waals surface area (Å²) in [5.74, 6) is 0.106. The molecule has 1 aromatic heterocycles. The monoisotopic (exact) mass is 259 g/mol. The van der Waals surface area contributed by atoms with Gasteiger partial charge in [0.05, 0.1) is 6.61 Å². The fourth-order valence-electron chi connectivity index (χ4n) is 1.20. The van der Waals surface area contributed by atoms with E-state index in [1.807, 2.05) is 13.8 Å². The summed E-state index contributed by atoms with van der Waals surface area (Å²) in [4.78, 5) is 16.8. The van der Waals surface area contributed by atoms with Crippen molar-refractivity contribution < 1.29 is 14.6 Å². The van der Waals surface area contributed by atoms with Crippen molar-refractivity contribution in [2.45, 2.75) is 19.8 Å². The Morgan fingerprint density at radius 1 is 1.59 bits per heavy atom. The predicted molar refractivity (Wildman–Crippen MR) is 65.7 cm³/mol. The van der Waals surface area contributed by atoms with Crippen LogP contribution in [0.3, 0.4) is 0 Å². The molecule has 0 aliphatic rings. The van der Waals surface area contributed by atoms with E-state index >= 15 is 0 Å². The highest BCUT2D eigenvalue weighted by atomic mass is 32.1. The van der Waals surface area contributed by atoms with Crippen molar-refractivity contribution in [2.24, 2.45) is 0 Å². The van der Waals surface area contributed by atoms with Gasteiger partial charge in [-0.3, -0.25) is 4.79 Å². The number of methoxy groups -OCH3 is 1. The average Bonchev–Trinajstić information content (AvgIpc) is 2.72. The summed E-state index contributed by atoms with van der Waals surface area (Å²) in [7, 11) is 1.58. The molecule has 1 rings (SSSR count). The Kier molecular flexibility index (Phi) is 5.30. The standard InChI is InChI=1S/C10H17N3O3S/c1-7(2)9-11-10(17-12-9)13(4-5-16-3)6-8(14)15/h7H,4-6H2,1-3H3,(H,14,15). The summed E-state index contributed by atoms with van der Waals surface area (Å²) in [5.41, 5.74) is 0. The summed E-state index contributed by atoms with van der Waals surface area (Å²) in [6.07, 6.45) is 0. The molecule has 0 radical (unpaired) electrons. The van der Waals surface area contributed by atoms with Crippen LogP contribution < -0.4 is 4.90 Å². The summed E-state index contributed by atoms with van der Waals surface area (Å²) in [6.45, 7) is 4.88. The molecular weight excluding hydrogens is 242 g/mol. The van der Waals surface area contributed by atoms with E-state index in [1.165, 1.54) is 11.5 Å². The lowest BCUT2D eigenvalue weighted by molar-refractivity contribution is -0.135. The van der Waals surface area contributed by atoms with Gasteiger partial charge in [0.15, 0.2) is 0 Å². The number of hydrogen-bond donors (Lipinski definition) is 1. The minimum atomic E-state index is -0.887. The van der Waals surface area contributed by atoms with Crippen molar-refractivity contribution >= 4 is 22.6 Å². The summed E-state index contributed by atoms with van der Waals surface area (Å²) in [6, 6.07) is 0. The summed E-state index contributed by atoms with van der Waals surface area (Å²) in [5, 5.41) is 9.47. The molecular formula is C10H17N3O3S. The highest BCUT2D eigenvalue weighted by molar-refractivity contribution is 7.09. The Labute approximate surface area is 104 Å². The molecule has 0 bridgehead atoms. The van der Waals surface area contributed by atoms with Crippen molar-refractivity contribution in [1.82, 2.24) is 9.36 Å². The van der Waals surface area contributed by atoms with E-state index < -0.39 is 5.97 Å². The molecule has 0 amide bonds. The van der Waals surface area contributed by atoms with E-state index in [2.05, 4.69) is 9.36 Å². The quantitative estimate of drug-likeness (QED) is 0.793. The SMILES string of the molecule is COCCN(CC(=O)O)c1nc(C(C)C)ns1. The second kappa shape index (κ2) is 6.51. The molecule has 0 atom stereocenters. The number of aromatic nitrogens is 2. The largest absolute Gasteiger partial charge is 0.480 e. The fraction of sp³-hybridized carbons (Fsp3) is 0.700. The summed E-state index contributed by atoms with van der Waals surface area (Å²) >= 11 is 1.22. The first-order chi connectivity index (χ1) is 8.04. The molecule has 0 saturated heterocycles. The molecule has 0 unspecified atom stereocenters. The molecule has 1 aromatic rings. The van der Waals surface area contributed by atoms with E-state index in [4.69, 9.17) is 9.84 Å². The number of carboxylic acid groups (broad SMARTS) is 1. The zero-order chi connectivity index (χ0) is 12.8. The first-order valence-electron chi connectivity index (χ1n) is 5.34. The van der Waals surface area contributed by atoms with E-state index in [1.54, 1.807) is 12.0 Å². The highest BCUT2D eigenvalue weighted by Crippen LogP contribution is 2.20. The Morgan fingerprint density at radius 3 is 2.76 bits per heavy atom. The molecule has 0 aliphatic heterocycles. The lowest BCUT2D eigenvalue weighted by atomic mass is 10.2. The molecule has 96 valence electrons. The molecule has 17 heavy (non-hydrogen) atoms. The van der Waals surface area contributed by atoms with Gasteiger partial charge in [-0.15, -0.1) is 0 Å². The Hall–Kier alpha value is -1.21. The van der Waals surface area contributed by atoms with Gasteiger partial charge >= 0.3 is 5.97 Å². The van der Waals surface area contributed by atoms with Crippen LogP contribution in [0, 0.1) is 0 Å². The Morgan fingerprint density at radius 2 is 2.29 bits per heavy atom. The van der Waals surface area contributed by atoms with Gasteiger partial charge in [-0.05, 0) is 0 Å². The minimum absolute atomic E-state index is 0.0872. The number of rotatable bonds is 7. The van der Waals surface area contributed by atoms with E-state index in [0.29, 0.717) is 18.3 Å². The van der Waals surface area contributed by atoms with Crippen molar-refractivity contribution in [3.8, 4) is 0 Å². The number of carbonyl (C=O) groups is 1. The van der Waals surface area contributed by atoms with Crippen molar-refractivity contribution in [1.29, 1.82) is 0 Å². The van der Waals surface area contributed by atoms with Gasteiger partial charge in [-0.1, -0.05) is 13.8 Å². The molecule has 1 heterocycles. The zero-order valence-electron chi connectivity index (χ0n) is 10.2. The third-order valence-electron chi connectivity index (χ3n) is 2.11. The van der Waals surface area contributed by atoms with Crippen LogP contribution in [0.5, 0.6) is 0 Å². The van der Waals surface area contributed by atoms with Gasteiger partial charge in [0.1, 0.15) is 12.4 Å². The molecule has 0 saturated carbocycles.